The number of cyclic esters (lactones) is 1. The van der Waals surface area contributed by atoms with Crippen LogP contribution in [0.15, 0.2) is 0 Å². The number of amides is 2. The van der Waals surface area contributed by atoms with E-state index in [9.17, 15) is 28.6 Å². The molecule has 2 saturated heterocycles. The van der Waals surface area contributed by atoms with Crippen molar-refractivity contribution < 1.29 is 42.4 Å². The molecule has 0 saturated carbocycles. The molecule has 3 atom stereocenters. The number of hydrogen-bond acceptors (Lipinski definition) is 9. The number of rotatable bonds is 9. The molecule has 2 fully saturated rings. The molecule has 2 unspecified atom stereocenters. The summed E-state index contributed by atoms with van der Waals surface area (Å²) in [7, 11) is -4.26. The van der Waals surface area contributed by atoms with Crippen molar-refractivity contribution in [1.82, 2.24) is 10.6 Å². The van der Waals surface area contributed by atoms with E-state index in [0.29, 0.717) is 18.6 Å². The fourth-order valence-corrected chi connectivity index (χ4v) is 4.78. The first-order chi connectivity index (χ1) is 14.0. The highest BCUT2D eigenvalue weighted by Crippen LogP contribution is 2.52. The molecule has 2 aliphatic heterocycles. The monoisotopic (exact) mass is 466 g/mol. The first-order valence-corrected chi connectivity index (χ1v) is 12.0. The maximum Gasteiger partial charge on any atom is 0.472 e. The number of phosphoric ester groups is 1. The highest BCUT2D eigenvalue weighted by molar-refractivity contribution is 8.13. The van der Waals surface area contributed by atoms with E-state index in [1.165, 1.54) is 0 Å². The molecule has 0 spiro atoms. The third-order valence-corrected chi connectivity index (χ3v) is 6.32. The molecular weight excluding hydrogens is 439 g/mol. The van der Waals surface area contributed by atoms with Gasteiger partial charge in [-0.3, -0.25) is 28.2 Å². The Hall–Kier alpha value is -1.46. The van der Waals surface area contributed by atoms with Gasteiger partial charge >= 0.3 is 13.8 Å². The van der Waals surface area contributed by atoms with Crippen LogP contribution in [0.3, 0.4) is 0 Å². The highest BCUT2D eigenvalue weighted by atomic mass is 32.2. The summed E-state index contributed by atoms with van der Waals surface area (Å²) in [6, 6.07) is 0. The van der Waals surface area contributed by atoms with Gasteiger partial charge < -0.3 is 20.3 Å². The second kappa shape index (κ2) is 10.7. The van der Waals surface area contributed by atoms with E-state index < -0.39 is 25.2 Å². The Morgan fingerprint density at radius 3 is 2.67 bits per heavy atom. The third kappa shape index (κ3) is 7.99. The number of thioether (sulfide) groups is 1. The summed E-state index contributed by atoms with van der Waals surface area (Å²) < 4.78 is 26.1. The number of esters is 1. The molecule has 2 heterocycles. The summed E-state index contributed by atoms with van der Waals surface area (Å²) in [5.74, 6) is -0.810. The fourth-order valence-electron chi connectivity index (χ4n) is 2.84. The van der Waals surface area contributed by atoms with Crippen LogP contribution in [0, 0.1) is 5.41 Å². The topological polar surface area (TPSA) is 157 Å². The summed E-state index contributed by atoms with van der Waals surface area (Å²) in [4.78, 5) is 56.3. The van der Waals surface area contributed by atoms with E-state index in [0.717, 1.165) is 11.8 Å². The van der Waals surface area contributed by atoms with Crippen molar-refractivity contribution in [3.05, 3.63) is 0 Å². The summed E-state index contributed by atoms with van der Waals surface area (Å²) in [5, 5.41) is 5.05. The molecular formula is C17H27N2O9PS. The molecule has 2 amide bonds. The zero-order valence-corrected chi connectivity index (χ0v) is 18.6. The van der Waals surface area contributed by atoms with Crippen LogP contribution >= 0.6 is 19.6 Å². The first kappa shape index (κ1) is 24.8. The van der Waals surface area contributed by atoms with E-state index in [2.05, 4.69) is 10.6 Å². The van der Waals surface area contributed by atoms with E-state index >= 15 is 0 Å². The van der Waals surface area contributed by atoms with Gasteiger partial charge in [-0.25, -0.2) is 4.57 Å². The minimum Gasteiger partial charge on any atom is -0.462 e. The standard InChI is InChI=1S/C17H27N2O9PS/c1-17(2)10-26-29(24,25)28-15(17)16(23)19-6-5-12(20)18-7-8-30-14(22)9-11-3-4-13(21)27-11/h11,15H,3-10H2,1-2H3,(H,18,20)(H,19,23)(H,24,25)/t11?,15-/m0/s1. The molecule has 0 bridgehead atoms. The van der Waals surface area contributed by atoms with Gasteiger partial charge in [0.25, 0.3) is 0 Å². The molecule has 2 rings (SSSR count). The van der Waals surface area contributed by atoms with Gasteiger partial charge in [-0.05, 0) is 6.42 Å². The van der Waals surface area contributed by atoms with E-state index in [1.807, 2.05) is 0 Å². The summed E-state index contributed by atoms with van der Waals surface area (Å²) >= 11 is 1.06. The minimum atomic E-state index is -4.26. The number of hydrogen-bond donors (Lipinski definition) is 3. The molecule has 0 aromatic carbocycles. The predicted octanol–water partition coefficient (Wildman–Crippen LogP) is 0.506. The Morgan fingerprint density at radius 2 is 2.00 bits per heavy atom. The Labute approximate surface area is 178 Å². The van der Waals surface area contributed by atoms with Crippen molar-refractivity contribution in [2.45, 2.75) is 51.7 Å². The third-order valence-electron chi connectivity index (χ3n) is 4.49. The molecule has 30 heavy (non-hydrogen) atoms. The lowest BCUT2D eigenvalue weighted by molar-refractivity contribution is -0.142. The van der Waals surface area contributed by atoms with E-state index in [1.54, 1.807) is 13.8 Å². The van der Waals surface area contributed by atoms with Crippen molar-refractivity contribution in [3.8, 4) is 0 Å². The summed E-state index contributed by atoms with van der Waals surface area (Å²) in [6.07, 6.45) is -0.455. The number of carbonyl (C=O) groups is 4. The van der Waals surface area contributed by atoms with Gasteiger partial charge in [0.2, 0.25) is 11.8 Å². The van der Waals surface area contributed by atoms with Crippen LogP contribution < -0.4 is 10.6 Å². The predicted molar refractivity (Wildman–Crippen MR) is 106 cm³/mol. The first-order valence-electron chi connectivity index (χ1n) is 9.54. The zero-order chi connectivity index (χ0) is 22.4. The lowest BCUT2D eigenvalue weighted by Gasteiger charge is -2.38. The minimum absolute atomic E-state index is 0.00279. The molecule has 0 aromatic heterocycles. The average molecular weight is 466 g/mol. The zero-order valence-electron chi connectivity index (χ0n) is 16.9. The van der Waals surface area contributed by atoms with Crippen LogP contribution in [0.2, 0.25) is 0 Å². The van der Waals surface area contributed by atoms with Crippen LogP contribution in [-0.2, 0) is 37.5 Å². The van der Waals surface area contributed by atoms with Gasteiger partial charge in [0.1, 0.15) is 6.10 Å². The number of ether oxygens (including phenoxy) is 1. The smallest absolute Gasteiger partial charge is 0.462 e. The maximum absolute atomic E-state index is 12.3. The van der Waals surface area contributed by atoms with Crippen molar-refractivity contribution in [2.75, 3.05) is 25.4 Å². The molecule has 3 N–H and O–H groups in total. The molecule has 2 aliphatic rings. The Morgan fingerprint density at radius 1 is 1.27 bits per heavy atom. The molecule has 11 nitrogen and oxygen atoms in total. The van der Waals surface area contributed by atoms with Crippen LogP contribution in [0.5, 0.6) is 0 Å². The van der Waals surface area contributed by atoms with Gasteiger partial charge in [0, 0.05) is 37.1 Å². The Balaban J connectivity index is 1.58. The van der Waals surface area contributed by atoms with Crippen molar-refractivity contribution in [1.29, 1.82) is 0 Å². The molecule has 0 aromatic rings. The SMILES string of the molecule is CC1(C)COP(=O)(O)O[C@H]1C(=O)NCCC(=O)NCCSC(=O)CC1CCC(=O)O1. The molecule has 13 heteroatoms. The second-order valence-corrected chi connectivity index (χ2v) is 10.2. The number of phosphoric acid groups is 1. The number of nitrogens with one attached hydrogen (secondary N) is 2. The summed E-state index contributed by atoms with van der Waals surface area (Å²) in [5.41, 5.74) is -0.802. The fraction of sp³-hybridized carbons (Fsp3) is 0.765. The average Bonchev–Trinajstić information content (AvgIpc) is 3.05. The number of carbonyl (C=O) groups excluding carboxylic acids is 4. The van der Waals surface area contributed by atoms with Gasteiger partial charge in [0.05, 0.1) is 13.0 Å². The second-order valence-electron chi connectivity index (χ2n) is 7.68. The van der Waals surface area contributed by atoms with Crippen LogP contribution in [0.25, 0.3) is 0 Å². The Kier molecular flexibility index (Phi) is 8.86. The summed E-state index contributed by atoms with van der Waals surface area (Å²) in [6.45, 7) is 3.52. The van der Waals surface area contributed by atoms with Gasteiger partial charge in [-0.15, -0.1) is 0 Å². The van der Waals surface area contributed by atoms with E-state index in [4.69, 9.17) is 13.8 Å². The normalized spacial score (nSPS) is 27.9. The maximum atomic E-state index is 12.3. The van der Waals surface area contributed by atoms with Crippen molar-refractivity contribution >= 4 is 42.5 Å². The van der Waals surface area contributed by atoms with Gasteiger partial charge in [-0.1, -0.05) is 25.6 Å². The molecule has 0 aliphatic carbocycles. The lowest BCUT2D eigenvalue weighted by atomic mass is 9.87. The van der Waals surface area contributed by atoms with Crippen LogP contribution in [0.1, 0.15) is 39.5 Å². The van der Waals surface area contributed by atoms with Crippen molar-refractivity contribution in [2.24, 2.45) is 5.41 Å². The Bertz CT molecular complexity index is 730. The largest absolute Gasteiger partial charge is 0.472 e. The highest BCUT2D eigenvalue weighted by Gasteiger charge is 2.47. The molecule has 0 radical (unpaired) electrons. The van der Waals surface area contributed by atoms with Gasteiger partial charge in [-0.2, -0.15) is 0 Å². The van der Waals surface area contributed by atoms with E-state index in [-0.39, 0.29) is 55.6 Å². The van der Waals surface area contributed by atoms with Crippen molar-refractivity contribution in [3.63, 3.8) is 0 Å². The lowest BCUT2D eigenvalue weighted by Crippen LogP contribution is -2.49. The molecule has 170 valence electrons. The van der Waals surface area contributed by atoms with Crippen LogP contribution in [0.4, 0.5) is 0 Å². The quantitative estimate of drug-likeness (QED) is 0.248. The van der Waals surface area contributed by atoms with Crippen LogP contribution in [-0.4, -0.2) is 65.4 Å². The van der Waals surface area contributed by atoms with Gasteiger partial charge in [0.15, 0.2) is 11.2 Å².